The molecule has 0 atom stereocenters. The van der Waals surface area contributed by atoms with Gasteiger partial charge in [0.25, 0.3) is 5.88 Å². The quantitative estimate of drug-likeness (QED) is 0.474. The van der Waals surface area contributed by atoms with E-state index in [0.29, 0.717) is 0 Å². The Morgan fingerprint density at radius 3 is 2.65 bits per heavy atom. The molecule has 8 nitrogen and oxygen atoms in total. The maximum absolute atomic E-state index is 13.4. The molecule has 0 N–H and O–H groups in total. The molecule has 2 heterocycles. The van der Waals surface area contributed by atoms with Crippen molar-refractivity contribution in [3.63, 3.8) is 0 Å². The molecule has 0 spiro atoms. The maximum atomic E-state index is 13.4. The van der Waals surface area contributed by atoms with Gasteiger partial charge in [-0.05, 0) is 20.8 Å². The second-order valence-electron chi connectivity index (χ2n) is 5.97. The van der Waals surface area contributed by atoms with Gasteiger partial charge in [0.05, 0.1) is 18.0 Å². The van der Waals surface area contributed by atoms with E-state index in [-0.39, 0.29) is 13.1 Å². The van der Waals surface area contributed by atoms with Gasteiger partial charge < -0.3 is 14.4 Å². The molecular formula is C13H15ClFN3O5. The lowest BCUT2D eigenvalue weighted by molar-refractivity contribution is -0.386. The molecule has 1 aliphatic heterocycles. The van der Waals surface area contributed by atoms with Crippen LogP contribution < -0.4 is 4.74 Å². The van der Waals surface area contributed by atoms with Gasteiger partial charge in [-0.2, -0.15) is 9.37 Å². The van der Waals surface area contributed by atoms with Crippen molar-refractivity contribution in [1.82, 2.24) is 9.88 Å². The Kier molecular flexibility index (Phi) is 4.60. The second kappa shape index (κ2) is 6.15. The van der Waals surface area contributed by atoms with Gasteiger partial charge in [-0.25, -0.2) is 4.79 Å². The zero-order valence-electron chi connectivity index (χ0n) is 12.7. The van der Waals surface area contributed by atoms with Crippen molar-refractivity contribution in [3.8, 4) is 5.88 Å². The first-order valence-electron chi connectivity index (χ1n) is 6.72. The van der Waals surface area contributed by atoms with Crippen LogP contribution in [0.5, 0.6) is 5.88 Å². The summed E-state index contributed by atoms with van der Waals surface area (Å²) >= 11 is 5.47. The van der Waals surface area contributed by atoms with E-state index in [0.717, 1.165) is 6.07 Å². The Morgan fingerprint density at radius 1 is 1.52 bits per heavy atom. The topological polar surface area (TPSA) is 94.8 Å². The van der Waals surface area contributed by atoms with E-state index in [2.05, 4.69) is 4.98 Å². The summed E-state index contributed by atoms with van der Waals surface area (Å²) in [5, 5.41) is 10.5. The minimum Gasteiger partial charge on any atom is -0.466 e. The summed E-state index contributed by atoms with van der Waals surface area (Å²) in [6, 6.07) is 0.837. The molecule has 126 valence electrons. The lowest BCUT2D eigenvalue weighted by Gasteiger charge is -2.38. The Labute approximate surface area is 136 Å². The minimum atomic E-state index is -1.06. The van der Waals surface area contributed by atoms with Crippen molar-refractivity contribution in [2.75, 3.05) is 13.1 Å². The second-order valence-corrected chi connectivity index (χ2v) is 6.37. The fourth-order valence-electron chi connectivity index (χ4n) is 1.80. The first-order chi connectivity index (χ1) is 10.6. The summed E-state index contributed by atoms with van der Waals surface area (Å²) in [6.07, 6.45) is -1.05. The van der Waals surface area contributed by atoms with Crippen molar-refractivity contribution in [2.45, 2.75) is 32.5 Å². The predicted molar refractivity (Wildman–Crippen MR) is 78.1 cm³/mol. The number of ether oxygens (including phenoxy) is 2. The van der Waals surface area contributed by atoms with Crippen LogP contribution in [0.4, 0.5) is 14.9 Å². The number of aromatic nitrogens is 1. The van der Waals surface area contributed by atoms with Crippen molar-refractivity contribution in [3.05, 3.63) is 27.2 Å². The molecule has 0 aromatic carbocycles. The third kappa shape index (κ3) is 4.19. The van der Waals surface area contributed by atoms with Crippen LogP contribution in [0.15, 0.2) is 6.07 Å². The summed E-state index contributed by atoms with van der Waals surface area (Å²) in [5.74, 6) is -1.53. The van der Waals surface area contributed by atoms with Gasteiger partial charge in [0.2, 0.25) is 5.95 Å². The van der Waals surface area contributed by atoms with Crippen LogP contribution in [0.3, 0.4) is 0 Å². The number of hydrogen-bond donors (Lipinski definition) is 0. The number of carbonyl (C=O) groups excluding carboxylic acids is 1. The smallest absolute Gasteiger partial charge is 0.410 e. The summed E-state index contributed by atoms with van der Waals surface area (Å²) in [7, 11) is 0. The molecule has 2 rings (SSSR count). The Hall–Kier alpha value is -2.16. The maximum Gasteiger partial charge on any atom is 0.410 e. The molecule has 0 saturated carbocycles. The third-order valence-electron chi connectivity index (χ3n) is 2.85. The zero-order valence-corrected chi connectivity index (χ0v) is 13.5. The van der Waals surface area contributed by atoms with Gasteiger partial charge in [0.1, 0.15) is 16.7 Å². The highest BCUT2D eigenvalue weighted by molar-refractivity contribution is 6.30. The molecule has 0 radical (unpaired) electrons. The van der Waals surface area contributed by atoms with Gasteiger partial charge in [-0.1, -0.05) is 11.6 Å². The standard InChI is InChI=1S/C13H15ClFN3O5/c1-13(2,3)23-12(19)17-5-7(6-17)22-11-9(18(20)21)4-8(14)10(15)16-11/h4,7H,5-6H2,1-3H3. The van der Waals surface area contributed by atoms with Crippen molar-refractivity contribution >= 4 is 23.4 Å². The summed E-state index contributed by atoms with van der Waals surface area (Å²) in [6.45, 7) is 5.54. The Bertz CT molecular complexity index is 643. The lowest BCUT2D eigenvalue weighted by atomic mass is 10.1. The fraction of sp³-hybridized carbons (Fsp3) is 0.538. The highest BCUT2D eigenvalue weighted by atomic mass is 35.5. The van der Waals surface area contributed by atoms with Crippen LogP contribution in [0.1, 0.15) is 20.8 Å². The molecule has 1 aromatic rings. The van der Waals surface area contributed by atoms with E-state index >= 15 is 0 Å². The average molecular weight is 348 g/mol. The third-order valence-corrected chi connectivity index (χ3v) is 3.12. The van der Waals surface area contributed by atoms with E-state index in [1.54, 1.807) is 20.8 Å². The number of rotatable bonds is 3. The molecule has 23 heavy (non-hydrogen) atoms. The van der Waals surface area contributed by atoms with E-state index < -0.39 is 45.3 Å². The van der Waals surface area contributed by atoms with Crippen LogP contribution in [0.2, 0.25) is 5.02 Å². The van der Waals surface area contributed by atoms with Gasteiger partial charge >= 0.3 is 11.8 Å². The molecular weight excluding hydrogens is 333 g/mol. The number of pyridine rings is 1. The molecule has 1 fully saturated rings. The van der Waals surface area contributed by atoms with Crippen molar-refractivity contribution in [1.29, 1.82) is 0 Å². The molecule has 10 heteroatoms. The van der Waals surface area contributed by atoms with E-state index in [9.17, 15) is 19.3 Å². The molecule has 1 amide bonds. The number of amides is 1. The number of halogens is 2. The summed E-state index contributed by atoms with van der Waals surface area (Å²) < 4.78 is 23.8. The van der Waals surface area contributed by atoms with E-state index in [1.807, 2.05) is 0 Å². The molecule has 1 aliphatic rings. The largest absolute Gasteiger partial charge is 0.466 e. The number of hydrogen-bond acceptors (Lipinski definition) is 6. The predicted octanol–water partition coefficient (Wildman–Crippen LogP) is 2.78. The van der Waals surface area contributed by atoms with Crippen LogP contribution in [-0.4, -0.2) is 45.7 Å². The Morgan fingerprint density at radius 2 is 2.13 bits per heavy atom. The number of nitrogens with zero attached hydrogens (tertiary/aromatic N) is 3. The van der Waals surface area contributed by atoms with Gasteiger partial charge in [0, 0.05) is 6.07 Å². The molecule has 0 bridgehead atoms. The SMILES string of the molecule is CC(C)(C)OC(=O)N1CC(Oc2nc(F)c(Cl)cc2[N+](=O)[O-])C1. The highest BCUT2D eigenvalue weighted by Gasteiger charge is 2.37. The van der Waals surface area contributed by atoms with Crippen LogP contribution >= 0.6 is 11.6 Å². The highest BCUT2D eigenvalue weighted by Crippen LogP contribution is 2.31. The van der Waals surface area contributed by atoms with Crippen LogP contribution in [-0.2, 0) is 4.74 Å². The van der Waals surface area contributed by atoms with E-state index in [1.165, 1.54) is 4.90 Å². The number of carbonyl (C=O) groups is 1. The fourth-order valence-corrected chi connectivity index (χ4v) is 1.95. The zero-order chi connectivity index (χ0) is 17.4. The number of nitro groups is 1. The van der Waals surface area contributed by atoms with Gasteiger partial charge in [-0.15, -0.1) is 0 Å². The van der Waals surface area contributed by atoms with E-state index in [4.69, 9.17) is 21.1 Å². The number of likely N-dealkylation sites (tertiary alicyclic amines) is 1. The molecule has 1 aromatic heterocycles. The van der Waals surface area contributed by atoms with Crippen LogP contribution in [0.25, 0.3) is 0 Å². The molecule has 0 aliphatic carbocycles. The summed E-state index contributed by atoms with van der Waals surface area (Å²) in [5.41, 5.74) is -1.16. The van der Waals surface area contributed by atoms with Crippen molar-refractivity contribution < 1.29 is 23.6 Å². The average Bonchev–Trinajstić information content (AvgIpc) is 2.34. The monoisotopic (exact) mass is 347 g/mol. The van der Waals surface area contributed by atoms with Crippen molar-refractivity contribution in [2.24, 2.45) is 0 Å². The Balaban J connectivity index is 1.99. The first-order valence-corrected chi connectivity index (χ1v) is 7.09. The first kappa shape index (κ1) is 17.2. The minimum absolute atomic E-state index is 0.165. The van der Waals surface area contributed by atoms with Gasteiger partial charge in [0.15, 0.2) is 0 Å². The van der Waals surface area contributed by atoms with Gasteiger partial charge in [-0.3, -0.25) is 10.1 Å². The lowest BCUT2D eigenvalue weighted by Crippen LogP contribution is -2.57. The normalized spacial score (nSPS) is 15.1. The molecule has 1 saturated heterocycles. The van der Waals surface area contributed by atoms with Crippen LogP contribution in [0, 0.1) is 16.1 Å². The molecule has 0 unspecified atom stereocenters. The summed E-state index contributed by atoms with van der Waals surface area (Å²) in [4.78, 5) is 26.6.